The minimum atomic E-state index is -0.322. The van der Waals surface area contributed by atoms with E-state index >= 15 is 0 Å². The molecule has 1 aromatic rings. The SMILES string of the molecule is Cc1cccc(OC(=O)CC(C)C)c1OC(=O)CC(C)C. The summed E-state index contributed by atoms with van der Waals surface area (Å²) in [5.74, 6) is 0.429. The third kappa shape index (κ3) is 5.98. The Morgan fingerprint density at radius 1 is 0.952 bits per heavy atom. The Morgan fingerprint density at radius 3 is 2.00 bits per heavy atom. The van der Waals surface area contributed by atoms with Crippen LogP contribution in [0.25, 0.3) is 0 Å². The molecule has 116 valence electrons. The number of para-hydroxylation sites is 1. The molecule has 0 aliphatic rings. The van der Waals surface area contributed by atoms with Crippen molar-refractivity contribution in [2.24, 2.45) is 11.8 Å². The molecule has 0 amide bonds. The summed E-state index contributed by atoms with van der Waals surface area (Å²) in [6, 6.07) is 5.23. The summed E-state index contributed by atoms with van der Waals surface area (Å²) < 4.78 is 10.7. The van der Waals surface area contributed by atoms with E-state index in [1.165, 1.54) is 0 Å². The average Bonchev–Trinajstić information content (AvgIpc) is 2.31. The molecule has 1 aromatic carbocycles. The van der Waals surface area contributed by atoms with E-state index in [4.69, 9.17) is 9.47 Å². The maximum Gasteiger partial charge on any atom is 0.311 e. The van der Waals surface area contributed by atoms with Gasteiger partial charge in [0.05, 0.1) is 0 Å². The van der Waals surface area contributed by atoms with Crippen molar-refractivity contribution < 1.29 is 19.1 Å². The number of esters is 2. The van der Waals surface area contributed by atoms with Gasteiger partial charge in [-0.25, -0.2) is 0 Å². The van der Waals surface area contributed by atoms with E-state index in [1.54, 1.807) is 12.1 Å². The normalized spacial score (nSPS) is 10.8. The van der Waals surface area contributed by atoms with E-state index in [0.29, 0.717) is 24.3 Å². The minimum Gasteiger partial charge on any atom is -0.422 e. The standard InChI is InChI=1S/C17H24O4/c1-11(2)9-15(18)20-14-8-6-7-13(5)17(14)21-16(19)10-12(3)4/h6-8,11-12H,9-10H2,1-5H3. The van der Waals surface area contributed by atoms with E-state index in [0.717, 1.165) is 5.56 Å². The van der Waals surface area contributed by atoms with Crippen LogP contribution >= 0.6 is 0 Å². The van der Waals surface area contributed by atoms with Crippen molar-refractivity contribution in [2.75, 3.05) is 0 Å². The Balaban J connectivity index is 2.87. The molecule has 0 saturated carbocycles. The summed E-state index contributed by atoms with van der Waals surface area (Å²) in [7, 11) is 0. The number of hydrogen-bond donors (Lipinski definition) is 0. The monoisotopic (exact) mass is 292 g/mol. The van der Waals surface area contributed by atoms with E-state index < -0.39 is 0 Å². The third-order valence-electron chi connectivity index (χ3n) is 2.77. The summed E-state index contributed by atoms with van der Waals surface area (Å²) in [5, 5.41) is 0. The van der Waals surface area contributed by atoms with Gasteiger partial charge in [-0.15, -0.1) is 0 Å². The van der Waals surface area contributed by atoms with Crippen LogP contribution in [0.3, 0.4) is 0 Å². The molecule has 0 atom stereocenters. The predicted octanol–water partition coefficient (Wildman–Crippen LogP) is 3.90. The van der Waals surface area contributed by atoms with E-state index in [9.17, 15) is 9.59 Å². The van der Waals surface area contributed by atoms with Crippen LogP contribution in [0, 0.1) is 18.8 Å². The molecule has 0 radical (unpaired) electrons. The largest absolute Gasteiger partial charge is 0.422 e. The van der Waals surface area contributed by atoms with Gasteiger partial charge >= 0.3 is 11.9 Å². The van der Waals surface area contributed by atoms with Crippen LogP contribution in [0.15, 0.2) is 18.2 Å². The second kappa shape index (κ2) is 7.81. The Morgan fingerprint density at radius 2 is 1.48 bits per heavy atom. The van der Waals surface area contributed by atoms with Gasteiger partial charge in [-0.1, -0.05) is 39.8 Å². The molecule has 0 spiro atoms. The van der Waals surface area contributed by atoms with Gasteiger partial charge in [-0.3, -0.25) is 9.59 Å². The van der Waals surface area contributed by atoms with E-state index in [1.807, 2.05) is 40.7 Å². The Bertz CT molecular complexity index is 504. The first kappa shape index (κ1) is 17.2. The van der Waals surface area contributed by atoms with Crippen LogP contribution in [-0.4, -0.2) is 11.9 Å². The number of carbonyl (C=O) groups is 2. The minimum absolute atomic E-state index is 0.216. The van der Waals surface area contributed by atoms with E-state index in [-0.39, 0.29) is 23.8 Å². The van der Waals surface area contributed by atoms with Gasteiger partial charge in [0.1, 0.15) is 0 Å². The maximum absolute atomic E-state index is 11.8. The van der Waals surface area contributed by atoms with Crippen LogP contribution in [0.4, 0.5) is 0 Å². The van der Waals surface area contributed by atoms with Crippen molar-refractivity contribution in [2.45, 2.75) is 47.5 Å². The number of aryl methyl sites for hydroxylation is 1. The maximum atomic E-state index is 11.8. The van der Waals surface area contributed by atoms with Crippen molar-refractivity contribution >= 4 is 11.9 Å². The summed E-state index contributed by atoms with van der Waals surface area (Å²) in [4.78, 5) is 23.6. The molecule has 0 fully saturated rings. The number of ether oxygens (including phenoxy) is 2. The lowest BCUT2D eigenvalue weighted by Crippen LogP contribution is -2.15. The highest BCUT2D eigenvalue weighted by molar-refractivity contribution is 5.77. The molecule has 0 saturated heterocycles. The smallest absolute Gasteiger partial charge is 0.311 e. The zero-order chi connectivity index (χ0) is 16.0. The highest BCUT2D eigenvalue weighted by atomic mass is 16.6. The van der Waals surface area contributed by atoms with Crippen LogP contribution in [0.5, 0.6) is 11.5 Å². The molecule has 4 nitrogen and oxygen atoms in total. The lowest BCUT2D eigenvalue weighted by Gasteiger charge is -2.14. The molecule has 0 aliphatic carbocycles. The quantitative estimate of drug-likeness (QED) is 0.589. The fourth-order valence-electron chi connectivity index (χ4n) is 1.82. The third-order valence-corrected chi connectivity index (χ3v) is 2.77. The summed E-state index contributed by atoms with van der Waals surface area (Å²) >= 11 is 0. The van der Waals surface area contributed by atoms with Gasteiger partial charge in [0, 0.05) is 12.8 Å². The van der Waals surface area contributed by atoms with Crippen LogP contribution < -0.4 is 9.47 Å². The molecule has 0 unspecified atom stereocenters. The molecule has 0 N–H and O–H groups in total. The van der Waals surface area contributed by atoms with Gasteiger partial charge in [-0.2, -0.15) is 0 Å². The van der Waals surface area contributed by atoms with Crippen LogP contribution in [-0.2, 0) is 9.59 Å². The predicted molar refractivity (Wildman–Crippen MR) is 81.4 cm³/mol. The van der Waals surface area contributed by atoms with Crippen LogP contribution in [0.1, 0.15) is 46.1 Å². The number of carbonyl (C=O) groups excluding carboxylic acids is 2. The summed E-state index contributed by atoms with van der Waals surface area (Å²) in [6.07, 6.45) is 0.654. The summed E-state index contributed by atoms with van der Waals surface area (Å²) in [5.41, 5.74) is 0.766. The van der Waals surface area contributed by atoms with Gasteiger partial charge < -0.3 is 9.47 Å². The van der Waals surface area contributed by atoms with Gasteiger partial charge in [0.2, 0.25) is 0 Å². The Hall–Kier alpha value is -1.84. The van der Waals surface area contributed by atoms with E-state index in [2.05, 4.69) is 0 Å². The first-order valence-electron chi connectivity index (χ1n) is 7.30. The molecule has 1 rings (SSSR count). The Labute approximate surface area is 126 Å². The molecule has 0 aliphatic heterocycles. The van der Waals surface area contributed by atoms with Gasteiger partial charge in [0.25, 0.3) is 0 Å². The number of hydrogen-bond acceptors (Lipinski definition) is 4. The fraction of sp³-hybridized carbons (Fsp3) is 0.529. The first-order chi connectivity index (χ1) is 9.79. The molecule has 4 heteroatoms. The molecular weight excluding hydrogens is 268 g/mol. The molecule has 21 heavy (non-hydrogen) atoms. The van der Waals surface area contributed by atoms with Gasteiger partial charge in [0.15, 0.2) is 11.5 Å². The highest BCUT2D eigenvalue weighted by Crippen LogP contribution is 2.31. The van der Waals surface area contributed by atoms with Gasteiger partial charge in [-0.05, 0) is 30.4 Å². The van der Waals surface area contributed by atoms with Crippen molar-refractivity contribution in [3.05, 3.63) is 23.8 Å². The fourth-order valence-corrected chi connectivity index (χ4v) is 1.82. The highest BCUT2D eigenvalue weighted by Gasteiger charge is 2.17. The zero-order valence-electron chi connectivity index (χ0n) is 13.4. The summed E-state index contributed by atoms with van der Waals surface area (Å²) in [6.45, 7) is 9.60. The molecule has 0 bridgehead atoms. The number of benzene rings is 1. The second-order valence-electron chi connectivity index (χ2n) is 6.05. The van der Waals surface area contributed by atoms with Crippen molar-refractivity contribution in [3.8, 4) is 11.5 Å². The molecule has 0 heterocycles. The van der Waals surface area contributed by atoms with Crippen molar-refractivity contribution in [1.29, 1.82) is 0 Å². The van der Waals surface area contributed by atoms with Crippen molar-refractivity contribution in [1.82, 2.24) is 0 Å². The average molecular weight is 292 g/mol. The topological polar surface area (TPSA) is 52.6 Å². The molecule has 0 aromatic heterocycles. The van der Waals surface area contributed by atoms with Crippen molar-refractivity contribution in [3.63, 3.8) is 0 Å². The second-order valence-corrected chi connectivity index (χ2v) is 6.05. The number of rotatable bonds is 6. The molecular formula is C17H24O4. The first-order valence-corrected chi connectivity index (χ1v) is 7.30. The lowest BCUT2D eigenvalue weighted by molar-refractivity contribution is -0.138. The van der Waals surface area contributed by atoms with Crippen LogP contribution in [0.2, 0.25) is 0 Å². The Kier molecular flexibility index (Phi) is 6.40. The lowest BCUT2D eigenvalue weighted by atomic mass is 10.1. The zero-order valence-corrected chi connectivity index (χ0v) is 13.4.